The first-order valence-corrected chi connectivity index (χ1v) is 3.97. The van der Waals surface area contributed by atoms with Crippen LogP contribution in [-0.4, -0.2) is 30.9 Å². The van der Waals surface area contributed by atoms with Crippen LogP contribution in [0.15, 0.2) is 0 Å². The molecule has 1 aliphatic rings. The Hall–Kier alpha value is -0.650. The summed E-state index contributed by atoms with van der Waals surface area (Å²) >= 11 is 0. The van der Waals surface area contributed by atoms with Crippen LogP contribution in [-0.2, 0) is 9.53 Å². The van der Waals surface area contributed by atoms with Crippen molar-refractivity contribution in [3.05, 3.63) is 0 Å². The highest BCUT2D eigenvalue weighted by molar-refractivity contribution is 5.81. The molecule has 5 nitrogen and oxygen atoms in total. The van der Waals surface area contributed by atoms with E-state index >= 15 is 0 Å². The molecule has 0 saturated carbocycles. The maximum Gasteiger partial charge on any atom is 0.251 e. The van der Waals surface area contributed by atoms with Gasteiger partial charge in [0, 0.05) is 19.8 Å². The van der Waals surface area contributed by atoms with Crippen LogP contribution in [0.4, 0.5) is 0 Å². The second-order valence-corrected chi connectivity index (χ2v) is 3.04. The first kappa shape index (κ1) is 9.44. The molecule has 0 unspecified atom stereocenters. The molecule has 0 aliphatic carbocycles. The topological polar surface area (TPSA) is 84.6 Å². The molecule has 1 amide bonds. The first-order chi connectivity index (χ1) is 5.75. The second kappa shape index (κ2) is 3.84. The lowest BCUT2D eigenvalue weighted by Gasteiger charge is -2.33. The number of nitrogens with one attached hydrogen (secondary N) is 1. The van der Waals surface area contributed by atoms with Gasteiger partial charge >= 0.3 is 0 Å². The quantitative estimate of drug-likeness (QED) is 0.380. The number of nitrogens with two attached hydrogens (primary N) is 1. The molecule has 1 rings (SSSR count). The van der Waals surface area contributed by atoms with Gasteiger partial charge in [-0.3, -0.25) is 10.0 Å². The van der Waals surface area contributed by atoms with E-state index in [2.05, 4.69) is 0 Å². The average Bonchev–Trinajstić information content (AvgIpc) is 2.17. The van der Waals surface area contributed by atoms with Gasteiger partial charge in [0.25, 0.3) is 5.91 Å². The summed E-state index contributed by atoms with van der Waals surface area (Å²) in [6.45, 7) is 1.32. The molecule has 0 aromatic carbocycles. The third-order valence-corrected chi connectivity index (χ3v) is 2.42. The Kier molecular flexibility index (Phi) is 3.02. The Morgan fingerprint density at radius 2 is 2.17 bits per heavy atom. The van der Waals surface area contributed by atoms with Crippen LogP contribution in [0, 0.1) is 5.41 Å². The van der Waals surface area contributed by atoms with Crippen molar-refractivity contribution in [1.82, 2.24) is 5.48 Å². The predicted molar refractivity (Wildman–Crippen MR) is 41.5 cm³/mol. The summed E-state index contributed by atoms with van der Waals surface area (Å²) in [4.78, 5) is 11.2. The summed E-state index contributed by atoms with van der Waals surface area (Å²) in [5.74, 6) is -0.395. The van der Waals surface area contributed by atoms with Gasteiger partial charge in [-0.2, -0.15) is 0 Å². The third kappa shape index (κ3) is 1.57. The molecule has 0 radical (unpaired) electrons. The molecule has 12 heavy (non-hydrogen) atoms. The Labute approximate surface area is 70.8 Å². The third-order valence-electron chi connectivity index (χ3n) is 2.42. The molecule has 0 bridgehead atoms. The van der Waals surface area contributed by atoms with Gasteiger partial charge in [0.2, 0.25) is 0 Å². The monoisotopic (exact) mass is 174 g/mol. The van der Waals surface area contributed by atoms with Gasteiger partial charge < -0.3 is 10.5 Å². The number of hydroxylamine groups is 1. The lowest BCUT2D eigenvalue weighted by Crippen LogP contribution is -2.48. The number of amides is 1. The molecule has 0 spiro atoms. The van der Waals surface area contributed by atoms with Crippen molar-refractivity contribution in [3.8, 4) is 0 Å². The van der Waals surface area contributed by atoms with Gasteiger partial charge in [0.1, 0.15) is 0 Å². The van der Waals surface area contributed by atoms with Gasteiger partial charge in [-0.15, -0.1) is 0 Å². The Bertz CT molecular complexity index is 166. The van der Waals surface area contributed by atoms with Crippen LogP contribution in [0.3, 0.4) is 0 Å². The Balaban J connectivity index is 2.66. The molecule has 0 atom stereocenters. The highest BCUT2D eigenvalue weighted by atomic mass is 16.5. The van der Waals surface area contributed by atoms with Crippen molar-refractivity contribution in [2.45, 2.75) is 12.8 Å². The minimum absolute atomic E-state index is 0.253. The molecular formula is C7H14N2O3. The van der Waals surface area contributed by atoms with Crippen LogP contribution >= 0.6 is 0 Å². The van der Waals surface area contributed by atoms with Gasteiger partial charge in [0.05, 0.1) is 5.41 Å². The molecular weight excluding hydrogens is 160 g/mol. The zero-order chi connectivity index (χ0) is 9.03. The van der Waals surface area contributed by atoms with Gasteiger partial charge in [-0.25, -0.2) is 5.48 Å². The van der Waals surface area contributed by atoms with E-state index in [4.69, 9.17) is 15.7 Å². The zero-order valence-electron chi connectivity index (χ0n) is 6.88. The van der Waals surface area contributed by atoms with Crippen molar-refractivity contribution in [1.29, 1.82) is 0 Å². The maximum atomic E-state index is 11.2. The molecule has 0 aromatic rings. The van der Waals surface area contributed by atoms with E-state index in [-0.39, 0.29) is 6.54 Å². The summed E-state index contributed by atoms with van der Waals surface area (Å²) < 4.78 is 5.10. The summed E-state index contributed by atoms with van der Waals surface area (Å²) in [5, 5.41) is 8.49. The molecule has 1 fully saturated rings. The molecule has 5 heteroatoms. The number of hydrogen-bond acceptors (Lipinski definition) is 4. The van der Waals surface area contributed by atoms with Crippen LogP contribution in [0.5, 0.6) is 0 Å². The second-order valence-electron chi connectivity index (χ2n) is 3.04. The Morgan fingerprint density at radius 1 is 1.58 bits per heavy atom. The fourth-order valence-corrected chi connectivity index (χ4v) is 1.40. The van der Waals surface area contributed by atoms with Crippen LogP contribution in [0.1, 0.15) is 12.8 Å². The summed E-state index contributed by atoms with van der Waals surface area (Å²) in [6.07, 6.45) is 1.16. The molecule has 1 saturated heterocycles. The van der Waals surface area contributed by atoms with E-state index in [1.54, 1.807) is 5.48 Å². The number of carbonyl (C=O) groups excluding carboxylic acids is 1. The van der Waals surface area contributed by atoms with Gasteiger partial charge in [-0.05, 0) is 12.8 Å². The number of ether oxygens (including phenoxy) is 1. The number of rotatable bonds is 2. The lowest BCUT2D eigenvalue weighted by atomic mass is 9.79. The average molecular weight is 174 g/mol. The normalized spacial score (nSPS) is 21.8. The standard InChI is InChI=1S/C7H14N2O3/c8-5-7(6(10)9-11)1-3-12-4-2-7/h11H,1-5,8H2,(H,9,10). The fourth-order valence-electron chi connectivity index (χ4n) is 1.40. The van der Waals surface area contributed by atoms with E-state index in [9.17, 15) is 4.79 Å². The van der Waals surface area contributed by atoms with Gasteiger partial charge in [-0.1, -0.05) is 0 Å². The highest BCUT2D eigenvalue weighted by Gasteiger charge is 2.38. The summed E-state index contributed by atoms with van der Waals surface area (Å²) in [6, 6.07) is 0. The Morgan fingerprint density at radius 3 is 2.58 bits per heavy atom. The molecule has 1 aliphatic heterocycles. The van der Waals surface area contributed by atoms with Crippen molar-refractivity contribution in [2.24, 2.45) is 11.1 Å². The van der Waals surface area contributed by atoms with Crippen molar-refractivity contribution in [2.75, 3.05) is 19.8 Å². The molecule has 70 valence electrons. The molecule has 1 heterocycles. The molecule has 4 N–H and O–H groups in total. The van der Waals surface area contributed by atoms with E-state index in [0.717, 1.165) is 0 Å². The largest absolute Gasteiger partial charge is 0.381 e. The fraction of sp³-hybridized carbons (Fsp3) is 0.857. The van der Waals surface area contributed by atoms with Gasteiger partial charge in [0.15, 0.2) is 0 Å². The van der Waals surface area contributed by atoms with E-state index < -0.39 is 11.3 Å². The minimum atomic E-state index is -0.618. The van der Waals surface area contributed by atoms with Crippen LogP contribution in [0.25, 0.3) is 0 Å². The summed E-state index contributed by atoms with van der Waals surface area (Å²) in [7, 11) is 0. The minimum Gasteiger partial charge on any atom is -0.381 e. The smallest absolute Gasteiger partial charge is 0.251 e. The van der Waals surface area contributed by atoms with Crippen LogP contribution in [0.2, 0.25) is 0 Å². The van der Waals surface area contributed by atoms with Crippen LogP contribution < -0.4 is 11.2 Å². The first-order valence-electron chi connectivity index (χ1n) is 3.97. The molecule has 0 aromatic heterocycles. The van der Waals surface area contributed by atoms with E-state index in [0.29, 0.717) is 26.1 Å². The maximum absolute atomic E-state index is 11.2. The predicted octanol–water partition coefficient (Wildman–Crippen LogP) is -0.753. The number of hydrogen-bond donors (Lipinski definition) is 3. The SMILES string of the molecule is NCC1(C(=O)NO)CCOCC1. The van der Waals surface area contributed by atoms with E-state index in [1.165, 1.54) is 0 Å². The van der Waals surface area contributed by atoms with Crippen molar-refractivity contribution in [3.63, 3.8) is 0 Å². The van der Waals surface area contributed by atoms with Crippen molar-refractivity contribution < 1.29 is 14.7 Å². The zero-order valence-corrected chi connectivity index (χ0v) is 6.88. The number of carbonyl (C=O) groups is 1. The lowest BCUT2D eigenvalue weighted by molar-refractivity contribution is -0.144. The highest BCUT2D eigenvalue weighted by Crippen LogP contribution is 2.29. The van der Waals surface area contributed by atoms with E-state index in [1.807, 2.05) is 0 Å². The summed E-state index contributed by atoms with van der Waals surface area (Å²) in [5.41, 5.74) is 6.52. The van der Waals surface area contributed by atoms with Crippen molar-refractivity contribution >= 4 is 5.91 Å².